The minimum absolute atomic E-state index is 0.117. The molecule has 1 fully saturated rings. The molecule has 2 atom stereocenters. The SMILES string of the molecule is Cc1ccc2c(c1OCc1ccccc1)C[C@H](C(=O)O)N(C(=O)[C@H](NC(=O)C1CCCC1)c1ccccc1)C2. The monoisotopic (exact) mass is 526 g/mol. The predicted molar refractivity (Wildman–Crippen MR) is 147 cm³/mol. The van der Waals surface area contributed by atoms with Crippen molar-refractivity contribution in [3.63, 3.8) is 0 Å². The highest BCUT2D eigenvalue weighted by molar-refractivity contribution is 5.92. The summed E-state index contributed by atoms with van der Waals surface area (Å²) in [5, 5.41) is 13.2. The smallest absolute Gasteiger partial charge is 0.326 e. The Hall–Kier alpha value is -4.13. The maximum atomic E-state index is 14.1. The summed E-state index contributed by atoms with van der Waals surface area (Å²) in [4.78, 5) is 41.1. The van der Waals surface area contributed by atoms with Crippen LogP contribution in [-0.4, -0.2) is 33.8 Å². The minimum Gasteiger partial charge on any atom is -0.488 e. The number of aliphatic carboxylic acids is 1. The van der Waals surface area contributed by atoms with Gasteiger partial charge in [0, 0.05) is 24.4 Å². The Labute approximate surface area is 228 Å². The molecule has 0 saturated heterocycles. The van der Waals surface area contributed by atoms with Crippen LogP contribution in [0, 0.1) is 12.8 Å². The average Bonchev–Trinajstić information content (AvgIpc) is 3.51. The molecule has 0 radical (unpaired) electrons. The molecule has 2 aliphatic rings. The van der Waals surface area contributed by atoms with Crippen LogP contribution in [0.2, 0.25) is 0 Å². The Bertz CT molecular complexity index is 1340. The number of carboxylic acid groups (broad SMARTS) is 1. The number of carbonyl (C=O) groups is 3. The maximum Gasteiger partial charge on any atom is 0.326 e. The summed E-state index contributed by atoms with van der Waals surface area (Å²) >= 11 is 0. The summed E-state index contributed by atoms with van der Waals surface area (Å²) in [5.74, 6) is -1.10. The number of nitrogens with one attached hydrogen (secondary N) is 1. The summed E-state index contributed by atoms with van der Waals surface area (Å²) in [7, 11) is 0. The summed E-state index contributed by atoms with van der Waals surface area (Å²) in [6, 6.07) is 20.7. The van der Waals surface area contributed by atoms with E-state index >= 15 is 0 Å². The fourth-order valence-corrected chi connectivity index (χ4v) is 5.68. The van der Waals surface area contributed by atoms with E-state index in [0.717, 1.165) is 47.9 Å². The molecular formula is C32H34N2O5. The molecule has 7 nitrogen and oxygen atoms in total. The normalized spacial score (nSPS) is 17.8. The summed E-state index contributed by atoms with van der Waals surface area (Å²) in [6.07, 6.45) is 3.74. The van der Waals surface area contributed by atoms with Crippen LogP contribution in [0.1, 0.15) is 59.5 Å². The summed E-state index contributed by atoms with van der Waals surface area (Å²) in [5.41, 5.74) is 4.23. The second-order valence-corrected chi connectivity index (χ2v) is 10.5. The number of fused-ring (bicyclic) bond motifs is 1. The van der Waals surface area contributed by atoms with Crippen LogP contribution in [0.5, 0.6) is 5.75 Å². The van der Waals surface area contributed by atoms with Crippen molar-refractivity contribution in [1.82, 2.24) is 10.2 Å². The molecule has 39 heavy (non-hydrogen) atoms. The highest BCUT2D eigenvalue weighted by Crippen LogP contribution is 2.36. The molecule has 1 aliphatic carbocycles. The number of aryl methyl sites for hydroxylation is 1. The molecule has 1 heterocycles. The number of hydrogen-bond acceptors (Lipinski definition) is 4. The lowest BCUT2D eigenvalue weighted by Crippen LogP contribution is -2.53. The van der Waals surface area contributed by atoms with Crippen molar-refractivity contribution < 1.29 is 24.2 Å². The molecule has 7 heteroatoms. The second kappa shape index (κ2) is 11.7. The number of benzene rings is 3. The topological polar surface area (TPSA) is 95.9 Å². The van der Waals surface area contributed by atoms with Gasteiger partial charge in [0.25, 0.3) is 5.91 Å². The van der Waals surface area contributed by atoms with E-state index in [-0.39, 0.29) is 24.8 Å². The Morgan fingerprint density at radius 3 is 2.31 bits per heavy atom. The molecule has 0 spiro atoms. The molecule has 0 aromatic heterocycles. The van der Waals surface area contributed by atoms with Gasteiger partial charge in [0.1, 0.15) is 24.4 Å². The van der Waals surface area contributed by atoms with E-state index < -0.39 is 24.0 Å². The first-order valence-electron chi connectivity index (χ1n) is 13.6. The van der Waals surface area contributed by atoms with Gasteiger partial charge in [0.05, 0.1) is 0 Å². The Kier molecular flexibility index (Phi) is 7.96. The van der Waals surface area contributed by atoms with Gasteiger partial charge in [0.2, 0.25) is 5.91 Å². The first kappa shape index (κ1) is 26.5. The molecule has 2 amide bonds. The molecule has 0 unspecified atom stereocenters. The minimum atomic E-state index is -1.08. The van der Waals surface area contributed by atoms with Gasteiger partial charge >= 0.3 is 5.97 Å². The largest absolute Gasteiger partial charge is 0.488 e. The van der Waals surface area contributed by atoms with Crippen molar-refractivity contribution in [2.45, 2.75) is 64.3 Å². The van der Waals surface area contributed by atoms with Crippen LogP contribution < -0.4 is 10.1 Å². The lowest BCUT2D eigenvalue weighted by molar-refractivity contribution is -0.153. The number of amides is 2. The maximum absolute atomic E-state index is 14.1. The Morgan fingerprint density at radius 1 is 0.974 bits per heavy atom. The van der Waals surface area contributed by atoms with Gasteiger partial charge in [-0.2, -0.15) is 0 Å². The van der Waals surface area contributed by atoms with Gasteiger partial charge in [-0.15, -0.1) is 0 Å². The third-order valence-corrected chi connectivity index (χ3v) is 7.86. The average molecular weight is 527 g/mol. The van der Waals surface area contributed by atoms with Crippen LogP contribution in [0.3, 0.4) is 0 Å². The number of hydrogen-bond donors (Lipinski definition) is 2. The molecule has 1 saturated carbocycles. The van der Waals surface area contributed by atoms with Gasteiger partial charge in [-0.05, 0) is 42.0 Å². The summed E-state index contributed by atoms with van der Waals surface area (Å²) < 4.78 is 6.22. The van der Waals surface area contributed by atoms with Crippen molar-refractivity contribution in [2.24, 2.45) is 5.92 Å². The van der Waals surface area contributed by atoms with Crippen LogP contribution in [0.25, 0.3) is 0 Å². The fourth-order valence-electron chi connectivity index (χ4n) is 5.68. The highest BCUT2D eigenvalue weighted by Gasteiger charge is 2.40. The Morgan fingerprint density at radius 2 is 1.64 bits per heavy atom. The zero-order valence-corrected chi connectivity index (χ0v) is 22.1. The number of ether oxygens (including phenoxy) is 1. The number of rotatable bonds is 8. The molecule has 5 rings (SSSR count). The van der Waals surface area contributed by atoms with Crippen molar-refractivity contribution in [2.75, 3.05) is 0 Å². The van der Waals surface area contributed by atoms with Gasteiger partial charge < -0.3 is 20.1 Å². The standard InChI is InChI=1S/C32H34N2O5/c1-21-16-17-25-19-34(27(32(37)38)18-26(25)29(21)39-20-22-10-4-2-5-11-22)31(36)28(23-12-6-3-7-13-23)33-30(35)24-14-8-9-15-24/h2-7,10-13,16-17,24,27-28H,8-9,14-15,18-20H2,1H3,(H,33,35)(H,37,38)/t27-,28-/m1/s1. The predicted octanol–water partition coefficient (Wildman–Crippen LogP) is 4.96. The molecule has 3 aromatic rings. The highest BCUT2D eigenvalue weighted by atomic mass is 16.5. The van der Waals surface area contributed by atoms with Crippen LogP contribution in [-0.2, 0) is 34.0 Å². The van der Waals surface area contributed by atoms with Crippen molar-refractivity contribution in [3.8, 4) is 5.75 Å². The zero-order chi connectivity index (χ0) is 27.4. The number of carboxylic acids is 1. The van der Waals surface area contributed by atoms with Crippen molar-refractivity contribution in [3.05, 3.63) is 101 Å². The van der Waals surface area contributed by atoms with Crippen LogP contribution >= 0.6 is 0 Å². The molecule has 0 bridgehead atoms. The van der Waals surface area contributed by atoms with Crippen LogP contribution in [0.15, 0.2) is 72.8 Å². The molecule has 202 valence electrons. The van der Waals surface area contributed by atoms with Gasteiger partial charge in [0.15, 0.2) is 0 Å². The molecule has 1 aliphatic heterocycles. The van der Waals surface area contributed by atoms with Gasteiger partial charge in [-0.1, -0.05) is 85.6 Å². The molecular weight excluding hydrogens is 492 g/mol. The summed E-state index contributed by atoms with van der Waals surface area (Å²) in [6.45, 7) is 2.43. The van der Waals surface area contributed by atoms with E-state index in [1.807, 2.05) is 67.6 Å². The quantitative estimate of drug-likeness (QED) is 0.433. The fraction of sp³-hybridized carbons (Fsp3) is 0.344. The van der Waals surface area contributed by atoms with E-state index in [4.69, 9.17) is 4.74 Å². The number of carbonyl (C=O) groups excluding carboxylic acids is 2. The van der Waals surface area contributed by atoms with Crippen molar-refractivity contribution in [1.29, 1.82) is 0 Å². The van der Waals surface area contributed by atoms with E-state index in [1.165, 1.54) is 4.90 Å². The number of nitrogens with zero attached hydrogens (tertiary/aromatic N) is 1. The van der Waals surface area contributed by atoms with Gasteiger partial charge in [-0.25, -0.2) is 4.79 Å². The van der Waals surface area contributed by atoms with Gasteiger partial charge in [-0.3, -0.25) is 9.59 Å². The van der Waals surface area contributed by atoms with Crippen LogP contribution in [0.4, 0.5) is 0 Å². The zero-order valence-electron chi connectivity index (χ0n) is 22.1. The third-order valence-electron chi connectivity index (χ3n) is 7.86. The molecule has 2 N–H and O–H groups in total. The third kappa shape index (κ3) is 5.82. The van der Waals surface area contributed by atoms with E-state index in [1.54, 1.807) is 12.1 Å². The Balaban J connectivity index is 1.44. The first-order chi connectivity index (χ1) is 18.9. The van der Waals surface area contributed by atoms with E-state index in [9.17, 15) is 19.5 Å². The van der Waals surface area contributed by atoms with E-state index in [0.29, 0.717) is 17.9 Å². The lowest BCUT2D eigenvalue weighted by atomic mass is 9.90. The second-order valence-electron chi connectivity index (χ2n) is 10.5. The van der Waals surface area contributed by atoms with Crippen molar-refractivity contribution >= 4 is 17.8 Å². The molecule has 3 aromatic carbocycles. The lowest BCUT2D eigenvalue weighted by Gasteiger charge is -2.37. The first-order valence-corrected chi connectivity index (χ1v) is 13.6. The van der Waals surface area contributed by atoms with E-state index in [2.05, 4.69) is 5.32 Å².